The third kappa shape index (κ3) is 3.93. The average Bonchev–Trinajstić information content (AvgIpc) is 3.40. The van der Waals surface area contributed by atoms with Gasteiger partial charge in [0.15, 0.2) is 5.76 Å². The normalized spacial score (nSPS) is 15.2. The number of rotatable bonds is 5. The number of carbonyl (C=O) groups excluding carboxylic acids is 1. The maximum absolute atomic E-state index is 12.7. The summed E-state index contributed by atoms with van der Waals surface area (Å²) in [7, 11) is 0. The van der Waals surface area contributed by atoms with Crippen LogP contribution >= 0.6 is 0 Å². The monoisotopic (exact) mass is 366 g/mol. The number of piperazine rings is 1. The summed E-state index contributed by atoms with van der Waals surface area (Å²) in [6.07, 6.45) is 2.56. The van der Waals surface area contributed by atoms with E-state index in [-0.39, 0.29) is 5.91 Å². The molecule has 0 bridgehead atoms. The van der Waals surface area contributed by atoms with Gasteiger partial charge in [0.1, 0.15) is 0 Å². The quantitative estimate of drug-likeness (QED) is 0.691. The zero-order valence-electron chi connectivity index (χ0n) is 15.3. The molecule has 0 unspecified atom stereocenters. The molecule has 3 heterocycles. The van der Waals surface area contributed by atoms with E-state index in [4.69, 9.17) is 8.94 Å². The molecule has 1 amide bonds. The summed E-state index contributed by atoms with van der Waals surface area (Å²) in [4.78, 5) is 21.1. The van der Waals surface area contributed by atoms with Gasteiger partial charge in [-0.15, -0.1) is 0 Å². The van der Waals surface area contributed by atoms with Crippen LogP contribution in [0.5, 0.6) is 0 Å². The molecular formula is C20H22N4O3. The highest BCUT2D eigenvalue weighted by molar-refractivity contribution is 5.94. The summed E-state index contributed by atoms with van der Waals surface area (Å²) in [6.45, 7) is 5.60. The van der Waals surface area contributed by atoms with Gasteiger partial charge in [-0.25, -0.2) is 0 Å². The minimum Gasteiger partial charge on any atom is -0.461 e. The average molecular weight is 366 g/mol. The van der Waals surface area contributed by atoms with Crippen molar-refractivity contribution < 1.29 is 13.7 Å². The molecule has 0 atom stereocenters. The van der Waals surface area contributed by atoms with Crippen LogP contribution in [0.4, 0.5) is 0 Å². The van der Waals surface area contributed by atoms with Gasteiger partial charge in [-0.1, -0.05) is 24.2 Å². The number of furan rings is 1. The zero-order chi connectivity index (χ0) is 18.6. The molecule has 0 N–H and O–H groups in total. The first-order valence-corrected chi connectivity index (χ1v) is 9.20. The molecule has 140 valence electrons. The third-order valence-corrected chi connectivity index (χ3v) is 4.84. The molecule has 1 saturated heterocycles. The predicted molar refractivity (Wildman–Crippen MR) is 99.0 cm³/mol. The van der Waals surface area contributed by atoms with Crippen molar-refractivity contribution in [1.29, 1.82) is 0 Å². The van der Waals surface area contributed by atoms with Gasteiger partial charge in [0, 0.05) is 31.7 Å². The number of hydrogen-bond donors (Lipinski definition) is 0. The topological polar surface area (TPSA) is 75.6 Å². The van der Waals surface area contributed by atoms with Crippen LogP contribution in [0.3, 0.4) is 0 Å². The fourth-order valence-electron chi connectivity index (χ4n) is 3.19. The Morgan fingerprint density at radius 1 is 1.11 bits per heavy atom. The molecule has 0 aliphatic carbocycles. The predicted octanol–water partition coefficient (Wildman–Crippen LogP) is 2.85. The van der Waals surface area contributed by atoms with Crippen molar-refractivity contribution in [2.75, 3.05) is 26.2 Å². The van der Waals surface area contributed by atoms with Crippen LogP contribution in [0.1, 0.15) is 28.7 Å². The maximum Gasteiger partial charge on any atom is 0.253 e. The number of aryl methyl sites for hydroxylation is 1. The summed E-state index contributed by atoms with van der Waals surface area (Å²) in [5.41, 5.74) is 1.99. The van der Waals surface area contributed by atoms with Crippen molar-refractivity contribution in [2.24, 2.45) is 0 Å². The zero-order valence-corrected chi connectivity index (χ0v) is 15.3. The van der Waals surface area contributed by atoms with E-state index in [0.717, 1.165) is 25.1 Å². The van der Waals surface area contributed by atoms with E-state index in [0.29, 0.717) is 37.1 Å². The Kier molecular flexibility index (Phi) is 5.02. The molecule has 1 aliphatic heterocycles. The van der Waals surface area contributed by atoms with Gasteiger partial charge in [0.05, 0.1) is 12.8 Å². The number of hydrogen-bond acceptors (Lipinski definition) is 6. The number of benzene rings is 1. The van der Waals surface area contributed by atoms with Crippen LogP contribution in [-0.4, -0.2) is 52.0 Å². The summed E-state index contributed by atoms with van der Waals surface area (Å²) in [5, 5.41) is 3.95. The summed E-state index contributed by atoms with van der Waals surface area (Å²) >= 11 is 0. The van der Waals surface area contributed by atoms with Crippen molar-refractivity contribution in [1.82, 2.24) is 19.9 Å². The van der Waals surface area contributed by atoms with E-state index in [1.165, 1.54) is 5.56 Å². The van der Waals surface area contributed by atoms with E-state index >= 15 is 0 Å². The summed E-state index contributed by atoms with van der Waals surface area (Å²) in [5.74, 6) is 1.69. The summed E-state index contributed by atoms with van der Waals surface area (Å²) < 4.78 is 10.6. The Balaban J connectivity index is 1.31. The van der Waals surface area contributed by atoms with Crippen molar-refractivity contribution in [3.8, 4) is 11.6 Å². The van der Waals surface area contributed by atoms with E-state index in [1.54, 1.807) is 18.4 Å². The fraction of sp³-hybridized carbons (Fsp3) is 0.350. The van der Waals surface area contributed by atoms with Gasteiger partial charge in [0.25, 0.3) is 5.91 Å². The van der Waals surface area contributed by atoms with E-state index in [1.807, 2.05) is 29.2 Å². The molecule has 7 heteroatoms. The number of nitrogens with zero attached hydrogens (tertiary/aromatic N) is 4. The second-order valence-corrected chi connectivity index (χ2v) is 6.61. The van der Waals surface area contributed by atoms with Crippen LogP contribution < -0.4 is 0 Å². The first kappa shape index (κ1) is 17.5. The fourth-order valence-corrected chi connectivity index (χ4v) is 3.19. The van der Waals surface area contributed by atoms with Gasteiger partial charge in [-0.05, 0) is 36.2 Å². The lowest BCUT2D eigenvalue weighted by atomic mass is 10.1. The Hall–Kier alpha value is -2.93. The lowest BCUT2D eigenvalue weighted by Crippen LogP contribution is -2.48. The molecule has 1 fully saturated rings. The Labute approximate surface area is 157 Å². The standard InChI is InChI=1S/C20H22N4O3/c1-2-15-5-7-16(8-6-15)20(25)24-11-9-23(10-12-24)14-18-21-19(22-27-18)17-4-3-13-26-17/h3-8,13H,2,9-12,14H2,1H3. The van der Waals surface area contributed by atoms with Crippen LogP contribution in [0, 0.1) is 0 Å². The van der Waals surface area contributed by atoms with Crippen molar-refractivity contribution >= 4 is 5.91 Å². The Morgan fingerprint density at radius 2 is 1.89 bits per heavy atom. The van der Waals surface area contributed by atoms with E-state index in [9.17, 15) is 4.79 Å². The van der Waals surface area contributed by atoms with E-state index in [2.05, 4.69) is 22.0 Å². The molecule has 1 aliphatic rings. The molecule has 2 aromatic heterocycles. The van der Waals surface area contributed by atoms with Crippen molar-refractivity contribution in [3.63, 3.8) is 0 Å². The van der Waals surface area contributed by atoms with Crippen molar-refractivity contribution in [2.45, 2.75) is 19.9 Å². The van der Waals surface area contributed by atoms with Crippen molar-refractivity contribution in [3.05, 3.63) is 59.7 Å². The number of aromatic nitrogens is 2. The highest BCUT2D eigenvalue weighted by Crippen LogP contribution is 2.17. The lowest BCUT2D eigenvalue weighted by molar-refractivity contribution is 0.0615. The SMILES string of the molecule is CCc1ccc(C(=O)N2CCN(Cc3nc(-c4ccco4)no3)CC2)cc1. The first-order chi connectivity index (χ1) is 13.2. The maximum atomic E-state index is 12.7. The minimum atomic E-state index is 0.0928. The molecular weight excluding hydrogens is 344 g/mol. The molecule has 1 aromatic carbocycles. The second-order valence-electron chi connectivity index (χ2n) is 6.61. The molecule has 0 spiro atoms. The molecule has 0 radical (unpaired) electrons. The summed E-state index contributed by atoms with van der Waals surface area (Å²) in [6, 6.07) is 11.5. The molecule has 7 nitrogen and oxygen atoms in total. The first-order valence-electron chi connectivity index (χ1n) is 9.20. The van der Waals surface area contributed by atoms with E-state index < -0.39 is 0 Å². The molecule has 27 heavy (non-hydrogen) atoms. The Morgan fingerprint density at radius 3 is 2.56 bits per heavy atom. The molecule has 3 aromatic rings. The third-order valence-electron chi connectivity index (χ3n) is 4.84. The van der Waals surface area contributed by atoms with Gasteiger partial charge >= 0.3 is 0 Å². The van der Waals surface area contributed by atoms with Gasteiger partial charge < -0.3 is 13.8 Å². The minimum absolute atomic E-state index is 0.0928. The van der Waals surface area contributed by atoms with Crippen LogP contribution in [0.15, 0.2) is 51.6 Å². The molecule has 4 rings (SSSR count). The van der Waals surface area contributed by atoms with Gasteiger partial charge in [0.2, 0.25) is 11.7 Å². The highest BCUT2D eigenvalue weighted by atomic mass is 16.5. The van der Waals surface area contributed by atoms with Crippen LogP contribution in [0.2, 0.25) is 0 Å². The van der Waals surface area contributed by atoms with Gasteiger partial charge in [-0.2, -0.15) is 4.98 Å². The Bertz CT molecular complexity index is 878. The highest BCUT2D eigenvalue weighted by Gasteiger charge is 2.23. The van der Waals surface area contributed by atoms with Crippen LogP contribution in [-0.2, 0) is 13.0 Å². The smallest absolute Gasteiger partial charge is 0.253 e. The van der Waals surface area contributed by atoms with Crippen LogP contribution in [0.25, 0.3) is 11.6 Å². The largest absolute Gasteiger partial charge is 0.461 e. The molecule has 0 saturated carbocycles. The van der Waals surface area contributed by atoms with Gasteiger partial charge in [-0.3, -0.25) is 9.69 Å². The second kappa shape index (κ2) is 7.75. The lowest BCUT2D eigenvalue weighted by Gasteiger charge is -2.34. The number of amides is 1. The number of carbonyl (C=O) groups is 1.